The SMILES string of the molecule is COc1cccc(-c2ccc(C(=O)NCCNC(=O)Nc3ccc(C)c(F)c3)cc2)c1. The molecule has 0 aromatic heterocycles. The van der Waals surface area contributed by atoms with Crippen molar-refractivity contribution in [3.8, 4) is 16.9 Å². The van der Waals surface area contributed by atoms with Crippen LogP contribution in [0.3, 0.4) is 0 Å². The van der Waals surface area contributed by atoms with Crippen LogP contribution in [0.2, 0.25) is 0 Å². The van der Waals surface area contributed by atoms with Crippen molar-refractivity contribution in [2.45, 2.75) is 6.92 Å². The number of aryl methyl sites for hydroxylation is 1. The first-order valence-electron chi connectivity index (χ1n) is 9.80. The van der Waals surface area contributed by atoms with E-state index in [4.69, 9.17) is 4.74 Å². The van der Waals surface area contributed by atoms with Crippen molar-refractivity contribution < 1.29 is 18.7 Å². The number of methoxy groups -OCH3 is 1. The Morgan fingerprint density at radius 1 is 0.903 bits per heavy atom. The molecule has 0 aliphatic rings. The smallest absolute Gasteiger partial charge is 0.319 e. The molecule has 31 heavy (non-hydrogen) atoms. The van der Waals surface area contributed by atoms with Crippen LogP contribution in [-0.4, -0.2) is 32.1 Å². The van der Waals surface area contributed by atoms with Crippen LogP contribution in [0, 0.1) is 12.7 Å². The number of halogens is 1. The van der Waals surface area contributed by atoms with Crippen molar-refractivity contribution in [1.29, 1.82) is 0 Å². The maximum atomic E-state index is 13.5. The van der Waals surface area contributed by atoms with Gasteiger partial charge in [0.25, 0.3) is 5.91 Å². The molecule has 0 atom stereocenters. The van der Waals surface area contributed by atoms with Gasteiger partial charge in [0.15, 0.2) is 0 Å². The zero-order chi connectivity index (χ0) is 22.2. The van der Waals surface area contributed by atoms with E-state index in [0.29, 0.717) is 16.8 Å². The molecule has 160 valence electrons. The molecule has 7 heteroatoms. The zero-order valence-electron chi connectivity index (χ0n) is 17.4. The summed E-state index contributed by atoms with van der Waals surface area (Å²) in [6, 6.07) is 18.9. The van der Waals surface area contributed by atoms with Gasteiger partial charge in [-0.2, -0.15) is 0 Å². The van der Waals surface area contributed by atoms with Gasteiger partial charge in [-0.25, -0.2) is 9.18 Å². The Bertz CT molecular complexity index is 1070. The Morgan fingerprint density at radius 3 is 2.35 bits per heavy atom. The topological polar surface area (TPSA) is 79.5 Å². The van der Waals surface area contributed by atoms with Crippen molar-refractivity contribution in [2.75, 3.05) is 25.5 Å². The summed E-state index contributed by atoms with van der Waals surface area (Å²) in [4.78, 5) is 24.2. The van der Waals surface area contributed by atoms with Gasteiger partial charge in [-0.05, 0) is 60.0 Å². The summed E-state index contributed by atoms with van der Waals surface area (Å²) in [6.45, 7) is 2.13. The monoisotopic (exact) mass is 421 g/mol. The Labute approximate surface area is 180 Å². The van der Waals surface area contributed by atoms with Crippen LogP contribution in [-0.2, 0) is 0 Å². The fourth-order valence-electron chi connectivity index (χ4n) is 2.92. The lowest BCUT2D eigenvalue weighted by Gasteiger charge is -2.10. The first-order valence-corrected chi connectivity index (χ1v) is 9.80. The number of benzene rings is 3. The first-order chi connectivity index (χ1) is 15.0. The molecule has 0 spiro atoms. The fraction of sp³-hybridized carbons (Fsp3) is 0.167. The number of anilines is 1. The molecule has 0 unspecified atom stereocenters. The molecule has 3 aromatic rings. The summed E-state index contributed by atoms with van der Waals surface area (Å²) in [5.41, 5.74) is 3.36. The van der Waals surface area contributed by atoms with E-state index in [9.17, 15) is 14.0 Å². The van der Waals surface area contributed by atoms with E-state index in [1.54, 1.807) is 38.3 Å². The minimum atomic E-state index is -0.472. The summed E-state index contributed by atoms with van der Waals surface area (Å²) in [5.74, 6) is 0.144. The van der Waals surface area contributed by atoms with Gasteiger partial charge in [0.1, 0.15) is 11.6 Å². The molecule has 3 aromatic carbocycles. The number of hydrogen-bond donors (Lipinski definition) is 3. The van der Waals surface area contributed by atoms with Crippen LogP contribution in [0.25, 0.3) is 11.1 Å². The van der Waals surface area contributed by atoms with Gasteiger partial charge >= 0.3 is 6.03 Å². The number of hydrogen-bond acceptors (Lipinski definition) is 3. The molecule has 3 amide bonds. The van der Waals surface area contributed by atoms with E-state index in [2.05, 4.69) is 16.0 Å². The zero-order valence-corrected chi connectivity index (χ0v) is 17.4. The van der Waals surface area contributed by atoms with Crippen molar-refractivity contribution in [3.63, 3.8) is 0 Å². The maximum absolute atomic E-state index is 13.5. The molecule has 0 heterocycles. The Kier molecular flexibility index (Phi) is 7.22. The third-order valence-electron chi connectivity index (χ3n) is 4.68. The fourth-order valence-corrected chi connectivity index (χ4v) is 2.92. The van der Waals surface area contributed by atoms with Gasteiger partial charge in [0.2, 0.25) is 0 Å². The highest BCUT2D eigenvalue weighted by Crippen LogP contribution is 2.24. The maximum Gasteiger partial charge on any atom is 0.319 e. The number of ether oxygens (including phenoxy) is 1. The van der Waals surface area contributed by atoms with Gasteiger partial charge in [-0.15, -0.1) is 0 Å². The first kappa shape index (κ1) is 21.8. The van der Waals surface area contributed by atoms with E-state index in [0.717, 1.165) is 16.9 Å². The third kappa shape index (κ3) is 6.05. The van der Waals surface area contributed by atoms with Gasteiger partial charge in [0.05, 0.1) is 7.11 Å². The highest BCUT2D eigenvalue weighted by atomic mass is 19.1. The van der Waals surface area contributed by atoms with Crippen molar-refractivity contribution in [3.05, 3.63) is 83.7 Å². The molecule has 0 aliphatic carbocycles. The van der Waals surface area contributed by atoms with Gasteiger partial charge in [0, 0.05) is 24.3 Å². The van der Waals surface area contributed by atoms with Gasteiger partial charge in [-0.1, -0.05) is 30.3 Å². The summed E-state index contributed by atoms with van der Waals surface area (Å²) in [7, 11) is 1.62. The Morgan fingerprint density at radius 2 is 1.65 bits per heavy atom. The van der Waals surface area contributed by atoms with Crippen molar-refractivity contribution in [1.82, 2.24) is 10.6 Å². The lowest BCUT2D eigenvalue weighted by Crippen LogP contribution is -2.36. The molecule has 3 rings (SSSR count). The van der Waals surface area contributed by atoms with Gasteiger partial charge in [-0.3, -0.25) is 4.79 Å². The lowest BCUT2D eigenvalue weighted by molar-refractivity contribution is 0.0954. The molecular weight excluding hydrogens is 397 g/mol. The minimum Gasteiger partial charge on any atom is -0.497 e. The number of nitrogens with one attached hydrogen (secondary N) is 3. The normalized spacial score (nSPS) is 10.3. The molecule has 6 nitrogen and oxygen atoms in total. The molecule has 0 saturated carbocycles. The Hall–Kier alpha value is -3.87. The molecular formula is C24H24FN3O3. The molecule has 0 saturated heterocycles. The third-order valence-corrected chi connectivity index (χ3v) is 4.68. The molecule has 0 aliphatic heterocycles. The quantitative estimate of drug-likeness (QED) is 0.496. The predicted molar refractivity (Wildman–Crippen MR) is 119 cm³/mol. The van der Waals surface area contributed by atoms with Crippen LogP contribution in [0.15, 0.2) is 66.7 Å². The van der Waals surface area contributed by atoms with Crippen LogP contribution >= 0.6 is 0 Å². The summed E-state index contributed by atoms with van der Waals surface area (Å²) >= 11 is 0. The minimum absolute atomic E-state index is 0.230. The van der Waals surface area contributed by atoms with E-state index in [1.807, 2.05) is 36.4 Å². The van der Waals surface area contributed by atoms with Crippen LogP contribution in [0.1, 0.15) is 15.9 Å². The number of rotatable bonds is 7. The molecule has 0 fully saturated rings. The molecule has 3 N–H and O–H groups in total. The standard InChI is InChI=1S/C24H24FN3O3/c1-16-6-11-20(15-22(16)25)28-24(30)27-13-12-26-23(29)18-9-7-17(8-10-18)19-4-3-5-21(14-19)31-2/h3-11,14-15H,12-13H2,1-2H3,(H,26,29)(H2,27,28,30). The average Bonchev–Trinajstić information content (AvgIpc) is 2.79. The second kappa shape index (κ2) is 10.2. The number of carbonyl (C=O) groups is 2. The largest absolute Gasteiger partial charge is 0.497 e. The summed E-state index contributed by atoms with van der Waals surface area (Å²) in [6.07, 6.45) is 0. The van der Waals surface area contributed by atoms with E-state index < -0.39 is 6.03 Å². The van der Waals surface area contributed by atoms with Crippen LogP contribution in [0.5, 0.6) is 5.75 Å². The average molecular weight is 421 g/mol. The lowest BCUT2D eigenvalue weighted by atomic mass is 10.0. The highest BCUT2D eigenvalue weighted by Gasteiger charge is 2.07. The predicted octanol–water partition coefficient (Wildman–Crippen LogP) is 4.36. The number of urea groups is 1. The van der Waals surface area contributed by atoms with E-state index >= 15 is 0 Å². The van der Waals surface area contributed by atoms with Crippen LogP contribution in [0.4, 0.5) is 14.9 Å². The van der Waals surface area contributed by atoms with E-state index in [1.165, 1.54) is 6.07 Å². The highest BCUT2D eigenvalue weighted by molar-refractivity contribution is 5.94. The van der Waals surface area contributed by atoms with Crippen molar-refractivity contribution in [2.24, 2.45) is 0 Å². The van der Waals surface area contributed by atoms with Crippen molar-refractivity contribution >= 4 is 17.6 Å². The van der Waals surface area contributed by atoms with Gasteiger partial charge < -0.3 is 20.7 Å². The second-order valence-corrected chi connectivity index (χ2v) is 6.91. The number of amides is 3. The van der Waals surface area contributed by atoms with Crippen LogP contribution < -0.4 is 20.7 Å². The number of carbonyl (C=O) groups excluding carboxylic acids is 2. The second-order valence-electron chi connectivity index (χ2n) is 6.91. The molecule has 0 bridgehead atoms. The summed E-state index contributed by atoms with van der Waals surface area (Å²) in [5, 5.41) is 7.91. The molecule has 0 radical (unpaired) electrons. The Balaban J connectivity index is 1.45. The van der Waals surface area contributed by atoms with E-state index in [-0.39, 0.29) is 24.8 Å². The summed E-state index contributed by atoms with van der Waals surface area (Å²) < 4.78 is 18.8.